The van der Waals surface area contributed by atoms with Crippen LogP contribution < -0.4 is 0 Å². The molecule has 4 nitrogen and oxygen atoms in total. The van der Waals surface area contributed by atoms with Gasteiger partial charge in [-0.2, -0.15) is 0 Å². The number of aliphatic carboxylic acids is 1. The first kappa shape index (κ1) is 11.7. The molecule has 0 amide bonds. The molecule has 2 heterocycles. The van der Waals surface area contributed by atoms with Crippen LogP contribution in [-0.2, 0) is 28.0 Å². The predicted molar refractivity (Wildman–Crippen MR) is 86.2 cm³/mol. The second-order valence-corrected chi connectivity index (χ2v) is 5.91. The van der Waals surface area contributed by atoms with Crippen LogP contribution in [0.25, 0.3) is 10.9 Å². The molecule has 1 aliphatic heterocycles. The number of carboxylic acids is 1. The zero-order valence-corrected chi connectivity index (χ0v) is 12.7. The third-order valence-corrected chi connectivity index (χ3v) is 4.46. The van der Waals surface area contributed by atoms with Gasteiger partial charge in [0.25, 0.3) is 0 Å². The van der Waals surface area contributed by atoms with Crippen molar-refractivity contribution in [2.24, 2.45) is 0 Å². The van der Waals surface area contributed by atoms with Crippen LogP contribution >= 0.6 is 0 Å². The lowest BCUT2D eigenvalue weighted by molar-refractivity contribution is -0.148. The summed E-state index contributed by atoms with van der Waals surface area (Å²) >= 11 is 0. The second-order valence-electron chi connectivity index (χ2n) is 5.91. The van der Waals surface area contributed by atoms with Crippen molar-refractivity contribution < 1.29 is 18.8 Å². The Labute approximate surface area is 134 Å². The highest BCUT2D eigenvalue weighted by Crippen LogP contribution is 2.42. The number of nitrogens with one attached hydrogen (secondary N) is 1. The van der Waals surface area contributed by atoms with Crippen LogP contribution in [-0.4, -0.2) is 22.7 Å². The Balaban J connectivity index is 2.20. The smallest absolute Gasteiger partial charge is 0.306 e. The van der Waals surface area contributed by atoms with Crippen LogP contribution in [0.2, 0.25) is 0 Å². The summed E-state index contributed by atoms with van der Waals surface area (Å²) in [5, 5.41) is 10.4. The fourth-order valence-electron chi connectivity index (χ4n) is 3.47. The van der Waals surface area contributed by atoms with Gasteiger partial charge in [0.2, 0.25) is 0 Å². The summed E-state index contributed by atoms with van der Waals surface area (Å²) in [4.78, 5) is 14.8. The lowest BCUT2D eigenvalue weighted by Gasteiger charge is -2.35. The van der Waals surface area contributed by atoms with Crippen molar-refractivity contribution in [1.82, 2.24) is 4.98 Å². The minimum Gasteiger partial charge on any atom is -0.481 e. The fourth-order valence-corrected chi connectivity index (χ4v) is 3.47. The van der Waals surface area contributed by atoms with E-state index in [0.717, 1.165) is 34.9 Å². The number of hydrogen-bond donors (Lipinski definition) is 2. The molecule has 1 aliphatic rings. The maximum atomic E-state index is 11.5. The van der Waals surface area contributed by atoms with E-state index < -0.39 is 18.4 Å². The van der Waals surface area contributed by atoms with Gasteiger partial charge in [0.1, 0.15) is 5.60 Å². The van der Waals surface area contributed by atoms with Gasteiger partial charge < -0.3 is 14.8 Å². The molecule has 22 heavy (non-hydrogen) atoms. The molecule has 1 atom stereocenters. The minimum atomic E-state index is -2.28. The third kappa shape index (κ3) is 2.31. The summed E-state index contributed by atoms with van der Waals surface area (Å²) in [5.74, 6) is -1.07. The lowest BCUT2D eigenvalue weighted by atomic mass is 9.86. The lowest BCUT2D eigenvalue weighted by Crippen LogP contribution is -2.37. The van der Waals surface area contributed by atoms with Crippen LogP contribution in [0.3, 0.4) is 0 Å². The van der Waals surface area contributed by atoms with E-state index in [1.165, 1.54) is 0 Å². The number of fused-ring (bicyclic) bond motifs is 3. The van der Waals surface area contributed by atoms with Gasteiger partial charge in [0.05, 0.1) is 18.7 Å². The van der Waals surface area contributed by atoms with E-state index in [2.05, 4.69) is 18.0 Å². The molecule has 2 N–H and O–H groups in total. The summed E-state index contributed by atoms with van der Waals surface area (Å²) in [6.07, 6.45) is 1.86. The highest BCUT2D eigenvalue weighted by atomic mass is 16.5. The van der Waals surface area contributed by atoms with Crippen LogP contribution in [0.15, 0.2) is 18.2 Å². The van der Waals surface area contributed by atoms with Gasteiger partial charge in [-0.3, -0.25) is 4.79 Å². The van der Waals surface area contributed by atoms with E-state index in [0.29, 0.717) is 18.7 Å². The monoisotopic (exact) mass is 304 g/mol. The van der Waals surface area contributed by atoms with Crippen molar-refractivity contribution in [1.29, 1.82) is 0 Å². The van der Waals surface area contributed by atoms with Crippen molar-refractivity contribution in [3.05, 3.63) is 35.0 Å². The molecular formula is C18H23NO3. The van der Waals surface area contributed by atoms with E-state index in [1.807, 2.05) is 12.1 Å². The number of benzene rings is 1. The maximum absolute atomic E-state index is 11.5. The highest BCUT2D eigenvalue weighted by molar-refractivity contribution is 5.88. The Morgan fingerprint density at radius 2 is 2.41 bits per heavy atom. The van der Waals surface area contributed by atoms with E-state index in [1.54, 1.807) is 0 Å². The summed E-state index contributed by atoms with van der Waals surface area (Å²) in [7, 11) is 0. The van der Waals surface area contributed by atoms with Crippen molar-refractivity contribution in [3.8, 4) is 0 Å². The Hall–Kier alpha value is -1.81. The Morgan fingerprint density at radius 1 is 1.55 bits per heavy atom. The van der Waals surface area contributed by atoms with Crippen molar-refractivity contribution >= 4 is 16.9 Å². The van der Waals surface area contributed by atoms with Gasteiger partial charge in [-0.25, -0.2) is 0 Å². The number of hydrogen-bond acceptors (Lipinski definition) is 2. The Bertz CT molecular complexity index is 797. The number of carbonyl (C=O) groups is 1. The number of carboxylic acid groups (broad SMARTS) is 1. The van der Waals surface area contributed by atoms with Crippen LogP contribution in [0.5, 0.6) is 0 Å². The average molecular weight is 304 g/mol. The molecule has 4 heteroatoms. The number of aromatic nitrogens is 1. The summed E-state index contributed by atoms with van der Waals surface area (Å²) in [6.45, 7) is 0.142. The number of rotatable bonds is 5. The van der Waals surface area contributed by atoms with Crippen LogP contribution in [0.4, 0.5) is 0 Å². The Kier molecular flexibility index (Phi) is 3.07. The van der Waals surface area contributed by atoms with E-state index in [-0.39, 0.29) is 12.8 Å². The van der Waals surface area contributed by atoms with Gasteiger partial charge in [0, 0.05) is 15.0 Å². The molecule has 0 radical (unpaired) electrons. The average Bonchev–Trinajstić information content (AvgIpc) is 2.87. The minimum absolute atomic E-state index is 0.321. The molecule has 2 aromatic rings. The molecule has 118 valence electrons. The maximum Gasteiger partial charge on any atom is 0.306 e. The topological polar surface area (TPSA) is 62.3 Å². The van der Waals surface area contributed by atoms with Crippen LogP contribution in [0, 0.1) is 0 Å². The summed E-state index contributed by atoms with van der Waals surface area (Å²) in [5.41, 5.74) is 2.40. The van der Waals surface area contributed by atoms with Crippen LogP contribution in [0.1, 0.15) is 54.0 Å². The number of aromatic amines is 1. The number of ether oxygens (including phenoxy) is 1. The number of para-hydroxylation sites is 1. The first-order valence-electron chi connectivity index (χ1n) is 9.24. The SMILES string of the molecule is [2H]C([2H])([2H])CC1(CC(=O)O)OCCc2c1[nH]c1c(CCC)cccc21. The van der Waals surface area contributed by atoms with Crippen molar-refractivity contribution in [2.75, 3.05) is 6.61 Å². The summed E-state index contributed by atoms with van der Waals surface area (Å²) in [6, 6.07) is 6.06. The Morgan fingerprint density at radius 3 is 3.14 bits per heavy atom. The number of H-pyrrole nitrogens is 1. The van der Waals surface area contributed by atoms with Crippen molar-refractivity contribution in [3.63, 3.8) is 0 Å². The van der Waals surface area contributed by atoms with Gasteiger partial charge in [-0.05, 0) is 30.4 Å². The standard InChI is InChI=1S/C18H23NO3/c1-3-6-12-7-5-8-13-14-9-10-22-18(4-2,11-15(20)21)17(14)19-16(12)13/h5,7-8,19H,3-4,6,9-11H2,1-2H3,(H,20,21)/i2D3. The molecule has 3 rings (SSSR count). The zero-order chi connectivity index (χ0) is 18.2. The quantitative estimate of drug-likeness (QED) is 0.883. The fraction of sp³-hybridized carbons (Fsp3) is 0.500. The van der Waals surface area contributed by atoms with Gasteiger partial charge in [-0.1, -0.05) is 38.4 Å². The molecule has 1 unspecified atom stereocenters. The van der Waals surface area contributed by atoms with Crippen molar-refractivity contribution in [2.45, 2.75) is 51.5 Å². The normalized spacial score (nSPS) is 23.6. The first-order valence-corrected chi connectivity index (χ1v) is 7.74. The highest BCUT2D eigenvalue weighted by Gasteiger charge is 2.40. The molecule has 0 saturated carbocycles. The van der Waals surface area contributed by atoms with Gasteiger partial charge in [0.15, 0.2) is 0 Å². The molecule has 0 saturated heterocycles. The molecule has 0 fully saturated rings. The zero-order valence-electron chi connectivity index (χ0n) is 15.7. The largest absolute Gasteiger partial charge is 0.481 e. The third-order valence-electron chi connectivity index (χ3n) is 4.46. The molecule has 0 spiro atoms. The number of aryl methyl sites for hydroxylation is 1. The van der Waals surface area contributed by atoms with E-state index >= 15 is 0 Å². The van der Waals surface area contributed by atoms with Gasteiger partial charge >= 0.3 is 5.97 Å². The molecular weight excluding hydrogens is 278 g/mol. The molecule has 0 bridgehead atoms. The summed E-state index contributed by atoms with van der Waals surface area (Å²) < 4.78 is 28.8. The molecule has 0 aliphatic carbocycles. The van der Waals surface area contributed by atoms with E-state index in [9.17, 15) is 9.90 Å². The van der Waals surface area contributed by atoms with E-state index in [4.69, 9.17) is 8.85 Å². The predicted octanol–water partition coefficient (Wildman–Crippen LogP) is 3.77. The van der Waals surface area contributed by atoms with Gasteiger partial charge in [-0.15, -0.1) is 0 Å². The molecule has 1 aromatic heterocycles. The molecule has 1 aromatic carbocycles. The first-order chi connectivity index (χ1) is 11.8. The second kappa shape index (κ2) is 5.76.